The average molecular weight is 281 g/mol. The summed E-state index contributed by atoms with van der Waals surface area (Å²) in [7, 11) is 0. The minimum absolute atomic E-state index is 0.0138. The van der Waals surface area contributed by atoms with Gasteiger partial charge in [0.2, 0.25) is 0 Å². The van der Waals surface area contributed by atoms with E-state index >= 15 is 0 Å². The summed E-state index contributed by atoms with van der Waals surface area (Å²) in [6.07, 6.45) is 0.401. The Bertz CT molecular complexity index is 641. The molecule has 0 spiro atoms. The van der Waals surface area contributed by atoms with E-state index in [-0.39, 0.29) is 25.6 Å². The first kappa shape index (κ1) is 16.2. The van der Waals surface area contributed by atoms with Gasteiger partial charge in [-0.3, -0.25) is 4.79 Å². The number of carbonyl (C=O) groups is 1. The lowest BCUT2D eigenvalue weighted by molar-refractivity contribution is 0.0794. The largest absolute Gasteiger partial charge is 0.395 e. The number of aliphatic hydroxyl groups is 1. The van der Waals surface area contributed by atoms with Crippen molar-refractivity contribution in [1.82, 2.24) is 4.90 Å². The number of hydrogen-bond acceptors (Lipinski definition) is 4. The van der Waals surface area contributed by atoms with Crippen LogP contribution in [0.2, 0.25) is 0 Å². The Morgan fingerprint density at radius 2 is 1.95 bits per heavy atom. The van der Waals surface area contributed by atoms with E-state index < -0.39 is 0 Å². The van der Waals surface area contributed by atoms with Gasteiger partial charge in [0.15, 0.2) is 0 Å². The van der Waals surface area contributed by atoms with Crippen LogP contribution in [-0.2, 0) is 0 Å². The quantitative estimate of drug-likeness (QED) is 0.664. The zero-order valence-corrected chi connectivity index (χ0v) is 11.8. The van der Waals surface area contributed by atoms with E-state index in [0.29, 0.717) is 12.0 Å². The molecule has 0 aliphatic heterocycles. The summed E-state index contributed by atoms with van der Waals surface area (Å²) in [6, 6.07) is 8.78. The second-order valence-corrected chi connectivity index (χ2v) is 4.28. The molecule has 0 atom stereocenters. The number of nitrogens with zero attached hydrogens (tertiary/aromatic N) is 3. The Morgan fingerprint density at radius 1 is 1.29 bits per heavy atom. The lowest BCUT2D eigenvalue weighted by Crippen LogP contribution is -2.31. The molecule has 0 bridgehead atoms. The highest BCUT2D eigenvalue weighted by atomic mass is 16.2. The smallest absolute Gasteiger partial charge is 0.255 e. The molecule has 0 saturated carbocycles. The van der Waals surface area contributed by atoms with E-state index in [4.69, 9.17) is 15.6 Å². The zero-order chi connectivity index (χ0) is 15.7. The SMILES string of the molecule is Cc1cc(C(=O)N(CC#N)CC#N)ccc1C#CCCO. The topological polar surface area (TPSA) is 88.1 Å². The minimum Gasteiger partial charge on any atom is -0.395 e. The Kier molecular flexibility index (Phi) is 6.48. The van der Waals surface area contributed by atoms with Gasteiger partial charge in [0, 0.05) is 17.5 Å². The first-order valence-electron chi connectivity index (χ1n) is 6.37. The number of benzene rings is 1. The maximum absolute atomic E-state index is 12.2. The summed E-state index contributed by atoms with van der Waals surface area (Å²) < 4.78 is 0. The second-order valence-electron chi connectivity index (χ2n) is 4.28. The molecule has 0 aromatic heterocycles. The van der Waals surface area contributed by atoms with Crippen molar-refractivity contribution in [2.75, 3.05) is 19.7 Å². The molecule has 0 fully saturated rings. The lowest BCUT2D eigenvalue weighted by Gasteiger charge is -2.16. The van der Waals surface area contributed by atoms with Crippen molar-refractivity contribution in [3.05, 3.63) is 34.9 Å². The summed E-state index contributed by atoms with van der Waals surface area (Å²) >= 11 is 0. The summed E-state index contributed by atoms with van der Waals surface area (Å²) in [4.78, 5) is 13.4. The predicted octanol–water partition coefficient (Wildman–Crippen LogP) is 1.22. The van der Waals surface area contributed by atoms with Crippen LogP contribution < -0.4 is 0 Å². The Balaban J connectivity index is 2.98. The van der Waals surface area contributed by atoms with Crippen LogP contribution in [0.1, 0.15) is 27.9 Å². The van der Waals surface area contributed by atoms with Gasteiger partial charge in [0.1, 0.15) is 13.1 Å². The summed E-state index contributed by atoms with van der Waals surface area (Å²) in [6.45, 7) is 1.60. The first-order valence-corrected chi connectivity index (χ1v) is 6.37. The van der Waals surface area contributed by atoms with Gasteiger partial charge in [-0.2, -0.15) is 10.5 Å². The summed E-state index contributed by atoms with van der Waals surface area (Å²) in [5.41, 5.74) is 2.04. The van der Waals surface area contributed by atoms with E-state index in [9.17, 15) is 4.79 Å². The molecule has 21 heavy (non-hydrogen) atoms. The molecule has 0 heterocycles. The highest BCUT2D eigenvalue weighted by molar-refractivity contribution is 5.94. The number of rotatable bonds is 4. The van der Waals surface area contributed by atoms with Crippen LogP contribution in [0.5, 0.6) is 0 Å². The van der Waals surface area contributed by atoms with Gasteiger partial charge in [0.05, 0.1) is 18.7 Å². The number of aliphatic hydroxyl groups excluding tert-OH is 1. The van der Waals surface area contributed by atoms with Gasteiger partial charge in [0.25, 0.3) is 5.91 Å². The van der Waals surface area contributed by atoms with E-state index in [1.807, 2.05) is 19.1 Å². The molecule has 5 nitrogen and oxygen atoms in total. The molecule has 1 N–H and O–H groups in total. The maximum atomic E-state index is 12.2. The van der Waals surface area contributed by atoms with Gasteiger partial charge >= 0.3 is 0 Å². The highest BCUT2D eigenvalue weighted by Gasteiger charge is 2.15. The molecule has 1 aromatic carbocycles. The number of carbonyl (C=O) groups excluding carboxylic acids is 1. The number of aryl methyl sites for hydroxylation is 1. The van der Waals surface area contributed by atoms with Crippen LogP contribution in [0.3, 0.4) is 0 Å². The molecule has 5 heteroatoms. The lowest BCUT2D eigenvalue weighted by atomic mass is 10.0. The van der Waals surface area contributed by atoms with Crippen LogP contribution in [-0.4, -0.2) is 35.6 Å². The Hall–Kier alpha value is -2.81. The Morgan fingerprint density at radius 3 is 2.48 bits per heavy atom. The number of hydrogen-bond donors (Lipinski definition) is 1. The predicted molar refractivity (Wildman–Crippen MR) is 76.9 cm³/mol. The monoisotopic (exact) mass is 281 g/mol. The van der Waals surface area contributed by atoms with Crippen molar-refractivity contribution in [2.24, 2.45) is 0 Å². The Labute approximate surface area is 124 Å². The van der Waals surface area contributed by atoms with Gasteiger partial charge in [-0.25, -0.2) is 0 Å². The standard InChI is InChI=1S/C16H15N3O2/c1-13-12-15(6-5-14(13)4-2-3-11-20)16(21)19(9-7-17)10-8-18/h5-6,12,20H,3,9-11H2,1H3. The fourth-order valence-corrected chi connectivity index (χ4v) is 1.70. The van der Waals surface area contributed by atoms with Gasteiger partial charge in [-0.05, 0) is 30.7 Å². The molecule has 1 aromatic rings. The highest BCUT2D eigenvalue weighted by Crippen LogP contribution is 2.12. The molecular weight excluding hydrogens is 266 g/mol. The fraction of sp³-hybridized carbons (Fsp3) is 0.312. The molecular formula is C16H15N3O2. The number of amides is 1. The normalized spacial score (nSPS) is 8.95. The summed E-state index contributed by atoms with van der Waals surface area (Å²) in [5, 5.41) is 26.1. The third-order valence-electron chi connectivity index (χ3n) is 2.74. The van der Waals surface area contributed by atoms with Crippen LogP contribution in [0, 0.1) is 41.4 Å². The van der Waals surface area contributed by atoms with Gasteiger partial charge in [-0.1, -0.05) is 11.8 Å². The van der Waals surface area contributed by atoms with E-state index in [0.717, 1.165) is 11.1 Å². The molecule has 0 aliphatic carbocycles. The van der Waals surface area contributed by atoms with Crippen LogP contribution in [0.15, 0.2) is 18.2 Å². The van der Waals surface area contributed by atoms with Crippen molar-refractivity contribution in [3.8, 4) is 24.0 Å². The third-order valence-corrected chi connectivity index (χ3v) is 2.74. The van der Waals surface area contributed by atoms with E-state index in [1.54, 1.807) is 18.2 Å². The van der Waals surface area contributed by atoms with Crippen molar-refractivity contribution in [1.29, 1.82) is 10.5 Å². The molecule has 0 saturated heterocycles. The zero-order valence-electron chi connectivity index (χ0n) is 11.8. The molecule has 0 unspecified atom stereocenters. The third kappa shape index (κ3) is 4.66. The van der Waals surface area contributed by atoms with Crippen LogP contribution in [0.25, 0.3) is 0 Å². The summed E-state index contributed by atoms with van der Waals surface area (Å²) in [5.74, 6) is 5.39. The van der Waals surface area contributed by atoms with Crippen molar-refractivity contribution in [3.63, 3.8) is 0 Å². The number of nitriles is 2. The minimum atomic E-state index is -0.351. The second kappa shape index (κ2) is 8.38. The van der Waals surface area contributed by atoms with Crippen molar-refractivity contribution in [2.45, 2.75) is 13.3 Å². The van der Waals surface area contributed by atoms with E-state index in [2.05, 4.69) is 11.8 Å². The van der Waals surface area contributed by atoms with Gasteiger partial charge in [-0.15, -0.1) is 0 Å². The van der Waals surface area contributed by atoms with Crippen LogP contribution in [0.4, 0.5) is 0 Å². The molecule has 1 amide bonds. The van der Waals surface area contributed by atoms with Crippen molar-refractivity contribution >= 4 is 5.91 Å². The molecule has 0 aliphatic rings. The molecule has 0 radical (unpaired) electrons. The van der Waals surface area contributed by atoms with Crippen LogP contribution >= 0.6 is 0 Å². The first-order chi connectivity index (χ1) is 10.1. The maximum Gasteiger partial charge on any atom is 0.255 e. The fourth-order valence-electron chi connectivity index (χ4n) is 1.70. The molecule has 1 rings (SSSR count). The van der Waals surface area contributed by atoms with Gasteiger partial charge < -0.3 is 10.0 Å². The van der Waals surface area contributed by atoms with E-state index in [1.165, 1.54) is 4.90 Å². The van der Waals surface area contributed by atoms with Crippen molar-refractivity contribution < 1.29 is 9.90 Å². The molecule has 106 valence electrons. The average Bonchev–Trinajstić information content (AvgIpc) is 2.48.